The Morgan fingerprint density at radius 1 is 1.50 bits per heavy atom. The van der Waals surface area contributed by atoms with Crippen molar-refractivity contribution in [1.29, 1.82) is 0 Å². The van der Waals surface area contributed by atoms with E-state index in [4.69, 9.17) is 4.74 Å². The van der Waals surface area contributed by atoms with Crippen molar-refractivity contribution < 1.29 is 14.6 Å². The highest BCUT2D eigenvalue weighted by molar-refractivity contribution is 6.00. The van der Waals surface area contributed by atoms with Crippen LogP contribution in [0.4, 0.5) is 0 Å². The highest BCUT2D eigenvalue weighted by atomic mass is 16.5. The van der Waals surface area contributed by atoms with Gasteiger partial charge >= 0.3 is 0 Å². The molecule has 94 valence electrons. The van der Waals surface area contributed by atoms with E-state index in [0.29, 0.717) is 31.4 Å². The van der Waals surface area contributed by atoms with Gasteiger partial charge in [-0.25, -0.2) is 0 Å². The second kappa shape index (κ2) is 6.81. The first-order valence-electron chi connectivity index (χ1n) is 5.89. The van der Waals surface area contributed by atoms with E-state index in [-0.39, 0.29) is 11.9 Å². The zero-order valence-electron chi connectivity index (χ0n) is 10.9. The van der Waals surface area contributed by atoms with E-state index in [1.165, 1.54) is 0 Å². The number of Topliss-reactive ketones (excluding diaryl/α,β-unsaturated/α-hetero) is 1. The molecule has 0 radical (unpaired) electrons. The predicted octanol–water partition coefficient (Wildman–Crippen LogP) is 2.48. The Morgan fingerprint density at radius 2 is 2.06 bits per heavy atom. The van der Waals surface area contributed by atoms with Crippen LogP contribution >= 0.6 is 0 Å². The summed E-state index contributed by atoms with van der Waals surface area (Å²) in [6.07, 6.45) is 1.54. The van der Waals surface area contributed by atoms with Crippen molar-refractivity contribution >= 4 is 5.78 Å². The minimum atomic E-state index is -0.792. The molecule has 0 aliphatic heterocycles. The Kier molecular flexibility index (Phi) is 6.53. The molecule has 1 N–H and O–H groups in total. The molecule has 3 nitrogen and oxygen atoms in total. The summed E-state index contributed by atoms with van der Waals surface area (Å²) < 4.78 is 5.60. The van der Waals surface area contributed by atoms with Gasteiger partial charge in [0.15, 0.2) is 5.78 Å². The minimum Gasteiger partial charge on any atom is -0.393 e. The van der Waals surface area contributed by atoms with Crippen LogP contribution in [0.25, 0.3) is 0 Å². The zero-order valence-corrected chi connectivity index (χ0v) is 10.9. The van der Waals surface area contributed by atoms with E-state index in [0.717, 1.165) is 0 Å². The Bertz CT molecular complexity index is 248. The molecule has 0 heterocycles. The van der Waals surface area contributed by atoms with Gasteiger partial charge < -0.3 is 9.84 Å². The number of hydrogen-bond donors (Lipinski definition) is 1. The summed E-state index contributed by atoms with van der Waals surface area (Å²) in [5, 5.41) is 9.39. The third kappa shape index (κ3) is 4.45. The molecule has 0 aromatic carbocycles. The maximum absolute atomic E-state index is 11.9. The predicted molar refractivity (Wildman–Crippen MR) is 65.4 cm³/mol. The lowest BCUT2D eigenvalue weighted by Crippen LogP contribution is -2.39. The summed E-state index contributed by atoms with van der Waals surface area (Å²) in [7, 11) is 0. The monoisotopic (exact) mass is 228 g/mol. The topological polar surface area (TPSA) is 46.5 Å². The summed E-state index contributed by atoms with van der Waals surface area (Å²) in [4.78, 5) is 11.9. The van der Waals surface area contributed by atoms with Gasteiger partial charge in [0, 0.05) is 0 Å². The van der Waals surface area contributed by atoms with Crippen LogP contribution < -0.4 is 0 Å². The maximum atomic E-state index is 11.9. The smallest absolute Gasteiger partial charge is 0.189 e. The van der Waals surface area contributed by atoms with Crippen molar-refractivity contribution in [2.75, 3.05) is 6.61 Å². The summed E-state index contributed by atoms with van der Waals surface area (Å²) in [5.74, 6) is -0.0546. The van der Waals surface area contributed by atoms with Crippen LogP contribution in [0.5, 0.6) is 0 Å². The first kappa shape index (κ1) is 15.3. The fourth-order valence-electron chi connectivity index (χ4n) is 1.40. The summed E-state index contributed by atoms with van der Waals surface area (Å²) in [6, 6.07) is 0. The molecule has 0 spiro atoms. The number of carbonyl (C=O) groups is 1. The van der Waals surface area contributed by atoms with Gasteiger partial charge in [0.25, 0.3) is 0 Å². The van der Waals surface area contributed by atoms with E-state index in [9.17, 15) is 9.90 Å². The maximum Gasteiger partial charge on any atom is 0.189 e. The molecule has 0 rings (SSSR count). The lowest BCUT2D eigenvalue weighted by Gasteiger charge is -2.27. The first-order chi connectivity index (χ1) is 7.37. The van der Waals surface area contributed by atoms with E-state index in [2.05, 4.69) is 6.58 Å². The third-order valence-electron chi connectivity index (χ3n) is 2.89. The average Bonchev–Trinajstić information content (AvgIpc) is 2.27. The van der Waals surface area contributed by atoms with Crippen molar-refractivity contribution in [3.05, 3.63) is 12.2 Å². The van der Waals surface area contributed by atoms with Gasteiger partial charge in [-0.05, 0) is 38.7 Å². The molecular weight excluding hydrogens is 204 g/mol. The molecule has 0 saturated heterocycles. The number of aliphatic hydroxyl groups excluding tert-OH is 1. The van der Waals surface area contributed by atoms with Gasteiger partial charge in [0.05, 0.1) is 12.7 Å². The van der Waals surface area contributed by atoms with Gasteiger partial charge in [-0.15, -0.1) is 0 Å². The van der Waals surface area contributed by atoms with Gasteiger partial charge in [-0.1, -0.05) is 20.4 Å². The number of rotatable bonds is 8. The summed E-state index contributed by atoms with van der Waals surface area (Å²) >= 11 is 0. The van der Waals surface area contributed by atoms with E-state index >= 15 is 0 Å². The molecule has 2 atom stereocenters. The standard InChI is InChI=1S/C13H24O3/c1-6-11(14)8-9-16-13(5,7-2)12(15)10(3)4/h11,14H,3,6-9H2,1-2,4-5H3. The molecule has 0 saturated carbocycles. The molecule has 3 heteroatoms. The van der Waals surface area contributed by atoms with E-state index < -0.39 is 5.60 Å². The molecule has 0 aromatic rings. The third-order valence-corrected chi connectivity index (χ3v) is 2.89. The van der Waals surface area contributed by atoms with Crippen LogP contribution in [0.15, 0.2) is 12.2 Å². The lowest BCUT2D eigenvalue weighted by atomic mass is 9.93. The van der Waals surface area contributed by atoms with Gasteiger partial charge in [-0.3, -0.25) is 4.79 Å². The number of aliphatic hydroxyl groups is 1. The van der Waals surface area contributed by atoms with Gasteiger partial charge in [0.2, 0.25) is 0 Å². The highest BCUT2D eigenvalue weighted by Crippen LogP contribution is 2.20. The highest BCUT2D eigenvalue weighted by Gasteiger charge is 2.32. The molecule has 0 aliphatic carbocycles. The molecule has 0 fully saturated rings. The van der Waals surface area contributed by atoms with Crippen molar-refractivity contribution in [1.82, 2.24) is 0 Å². The Labute approximate surface area is 98.5 Å². The van der Waals surface area contributed by atoms with Crippen molar-refractivity contribution in [2.24, 2.45) is 0 Å². The average molecular weight is 228 g/mol. The first-order valence-corrected chi connectivity index (χ1v) is 5.89. The van der Waals surface area contributed by atoms with Gasteiger partial charge in [0.1, 0.15) is 5.60 Å². The largest absolute Gasteiger partial charge is 0.393 e. The fraction of sp³-hybridized carbons (Fsp3) is 0.769. The Hall–Kier alpha value is -0.670. The summed E-state index contributed by atoms with van der Waals surface area (Å²) in [5.41, 5.74) is -0.278. The van der Waals surface area contributed by atoms with Crippen molar-refractivity contribution in [2.45, 2.75) is 58.7 Å². The normalized spacial score (nSPS) is 16.6. The second-order valence-electron chi connectivity index (χ2n) is 4.39. The molecule has 16 heavy (non-hydrogen) atoms. The number of carbonyl (C=O) groups excluding carboxylic acids is 1. The molecule has 0 aromatic heterocycles. The van der Waals surface area contributed by atoms with Crippen molar-refractivity contribution in [3.8, 4) is 0 Å². The van der Waals surface area contributed by atoms with Crippen LogP contribution in [0.2, 0.25) is 0 Å². The van der Waals surface area contributed by atoms with Crippen molar-refractivity contribution in [3.63, 3.8) is 0 Å². The van der Waals surface area contributed by atoms with Gasteiger partial charge in [-0.2, -0.15) is 0 Å². The lowest BCUT2D eigenvalue weighted by molar-refractivity contribution is -0.139. The van der Waals surface area contributed by atoms with Crippen LogP contribution in [-0.4, -0.2) is 29.2 Å². The van der Waals surface area contributed by atoms with E-state index in [1.807, 2.05) is 13.8 Å². The van der Waals surface area contributed by atoms with E-state index in [1.54, 1.807) is 13.8 Å². The Morgan fingerprint density at radius 3 is 2.44 bits per heavy atom. The molecular formula is C13H24O3. The zero-order chi connectivity index (χ0) is 12.8. The van der Waals surface area contributed by atoms with Crippen LogP contribution in [0, 0.1) is 0 Å². The number of ketones is 1. The fourth-order valence-corrected chi connectivity index (χ4v) is 1.40. The second-order valence-corrected chi connectivity index (χ2v) is 4.39. The summed E-state index contributed by atoms with van der Waals surface area (Å²) in [6.45, 7) is 11.4. The molecule has 2 unspecified atom stereocenters. The SMILES string of the molecule is C=C(C)C(=O)C(C)(CC)OCCC(O)CC. The number of hydrogen-bond acceptors (Lipinski definition) is 3. The molecule has 0 amide bonds. The van der Waals surface area contributed by atoms with Crippen LogP contribution in [-0.2, 0) is 9.53 Å². The Balaban J connectivity index is 4.28. The van der Waals surface area contributed by atoms with Crippen LogP contribution in [0.3, 0.4) is 0 Å². The molecule has 0 bridgehead atoms. The number of ether oxygens (including phenoxy) is 1. The molecule has 0 aliphatic rings. The van der Waals surface area contributed by atoms with Crippen LogP contribution in [0.1, 0.15) is 47.0 Å². The minimum absolute atomic E-state index is 0.0546. The quantitative estimate of drug-likeness (QED) is 0.649.